The number of nitrogens with one attached hydrogen (secondary N) is 1. The molecule has 2 aromatic rings. The van der Waals surface area contributed by atoms with Crippen LogP contribution in [0.15, 0.2) is 41.8 Å². The Morgan fingerprint density at radius 1 is 1.33 bits per heavy atom. The Morgan fingerprint density at radius 2 is 2.14 bits per heavy atom. The van der Waals surface area contributed by atoms with Crippen molar-refractivity contribution in [1.82, 2.24) is 5.32 Å². The third-order valence-corrected chi connectivity index (χ3v) is 4.81. The molecule has 3 rings (SSSR count). The van der Waals surface area contributed by atoms with Crippen molar-refractivity contribution >= 4 is 28.8 Å². The minimum absolute atomic E-state index is 0.0419. The summed E-state index contributed by atoms with van der Waals surface area (Å²) >= 11 is 7.58. The molecule has 1 saturated heterocycles. The van der Waals surface area contributed by atoms with Gasteiger partial charge in [-0.15, -0.1) is 11.3 Å². The van der Waals surface area contributed by atoms with Gasteiger partial charge in [-0.25, -0.2) is 0 Å². The maximum absolute atomic E-state index is 12.4. The minimum atomic E-state index is -0.129. The molecule has 1 amide bonds. The van der Waals surface area contributed by atoms with E-state index in [1.165, 1.54) is 0 Å². The van der Waals surface area contributed by atoms with Crippen LogP contribution < -0.4 is 5.32 Å². The summed E-state index contributed by atoms with van der Waals surface area (Å²) in [7, 11) is 0. The molecule has 2 heterocycles. The molecule has 1 aromatic heterocycles. The van der Waals surface area contributed by atoms with Crippen molar-refractivity contribution in [2.75, 3.05) is 13.2 Å². The minimum Gasteiger partial charge on any atom is -0.381 e. The number of hydrogen-bond acceptors (Lipinski definition) is 3. The lowest BCUT2D eigenvalue weighted by molar-refractivity contribution is -0.125. The molecule has 0 radical (unpaired) electrons. The summed E-state index contributed by atoms with van der Waals surface area (Å²) < 4.78 is 5.30. The fourth-order valence-corrected chi connectivity index (χ4v) is 3.36. The van der Waals surface area contributed by atoms with E-state index in [1.54, 1.807) is 11.3 Å². The van der Waals surface area contributed by atoms with E-state index in [9.17, 15) is 4.79 Å². The van der Waals surface area contributed by atoms with Crippen LogP contribution in [0.25, 0.3) is 0 Å². The Labute approximate surface area is 132 Å². The number of ether oxygens (including phenoxy) is 1. The van der Waals surface area contributed by atoms with Gasteiger partial charge in [-0.05, 0) is 35.6 Å². The first-order valence-corrected chi connectivity index (χ1v) is 8.17. The molecule has 3 nitrogen and oxygen atoms in total. The molecule has 0 spiro atoms. The molecule has 0 aliphatic carbocycles. The van der Waals surface area contributed by atoms with Crippen LogP contribution in [0.3, 0.4) is 0 Å². The highest BCUT2D eigenvalue weighted by Gasteiger charge is 2.26. The average molecular weight is 322 g/mol. The van der Waals surface area contributed by atoms with Crippen molar-refractivity contribution in [2.24, 2.45) is 5.92 Å². The van der Waals surface area contributed by atoms with Crippen LogP contribution in [0, 0.1) is 5.92 Å². The van der Waals surface area contributed by atoms with Gasteiger partial charge in [0.1, 0.15) is 0 Å². The summed E-state index contributed by atoms with van der Waals surface area (Å²) in [6.07, 6.45) is 0.795. The molecule has 5 heteroatoms. The first-order chi connectivity index (χ1) is 10.2. The lowest BCUT2D eigenvalue weighted by Crippen LogP contribution is -2.34. The second-order valence-corrected chi connectivity index (χ2v) is 6.48. The summed E-state index contributed by atoms with van der Waals surface area (Å²) in [5.41, 5.74) is 1.04. The van der Waals surface area contributed by atoms with Gasteiger partial charge in [-0.2, -0.15) is 0 Å². The number of carbonyl (C=O) groups is 1. The van der Waals surface area contributed by atoms with E-state index in [-0.39, 0.29) is 17.9 Å². The van der Waals surface area contributed by atoms with Gasteiger partial charge in [0.2, 0.25) is 5.91 Å². The Bertz CT molecular complexity index is 591. The van der Waals surface area contributed by atoms with E-state index in [0.29, 0.717) is 18.2 Å². The van der Waals surface area contributed by atoms with Gasteiger partial charge in [-0.1, -0.05) is 29.8 Å². The highest BCUT2D eigenvalue weighted by atomic mass is 35.5. The highest BCUT2D eigenvalue weighted by molar-refractivity contribution is 7.10. The van der Waals surface area contributed by atoms with Crippen LogP contribution in [0.2, 0.25) is 5.02 Å². The van der Waals surface area contributed by atoms with Crippen molar-refractivity contribution in [1.29, 1.82) is 0 Å². The van der Waals surface area contributed by atoms with Crippen LogP contribution in [0.5, 0.6) is 0 Å². The third-order valence-electron chi connectivity index (χ3n) is 3.62. The van der Waals surface area contributed by atoms with E-state index in [0.717, 1.165) is 16.9 Å². The molecule has 2 atom stereocenters. The predicted octanol–water partition coefficient (Wildman–Crippen LogP) is 3.64. The first-order valence-electron chi connectivity index (χ1n) is 6.91. The van der Waals surface area contributed by atoms with E-state index < -0.39 is 0 Å². The number of amides is 1. The Hall–Kier alpha value is -1.36. The molecule has 110 valence electrons. The van der Waals surface area contributed by atoms with Crippen LogP contribution in [0.4, 0.5) is 0 Å². The predicted molar refractivity (Wildman–Crippen MR) is 84.7 cm³/mol. The Balaban J connectivity index is 1.82. The van der Waals surface area contributed by atoms with Gasteiger partial charge in [-0.3, -0.25) is 4.79 Å². The van der Waals surface area contributed by atoms with E-state index in [1.807, 2.05) is 41.8 Å². The smallest absolute Gasteiger partial charge is 0.226 e. The number of benzene rings is 1. The fourth-order valence-electron chi connectivity index (χ4n) is 2.43. The summed E-state index contributed by atoms with van der Waals surface area (Å²) in [6, 6.07) is 11.5. The van der Waals surface area contributed by atoms with Crippen LogP contribution in [-0.4, -0.2) is 19.1 Å². The fraction of sp³-hybridized carbons (Fsp3) is 0.312. The molecular formula is C16H16ClNO2S. The van der Waals surface area contributed by atoms with Crippen molar-refractivity contribution < 1.29 is 9.53 Å². The monoisotopic (exact) mass is 321 g/mol. The largest absolute Gasteiger partial charge is 0.381 e. The molecule has 1 N–H and O–H groups in total. The zero-order valence-electron chi connectivity index (χ0n) is 11.4. The second-order valence-electron chi connectivity index (χ2n) is 5.07. The summed E-state index contributed by atoms with van der Waals surface area (Å²) in [4.78, 5) is 13.5. The summed E-state index contributed by atoms with van der Waals surface area (Å²) in [6.45, 7) is 1.19. The van der Waals surface area contributed by atoms with Crippen LogP contribution >= 0.6 is 22.9 Å². The van der Waals surface area contributed by atoms with Gasteiger partial charge in [0.15, 0.2) is 0 Å². The lowest BCUT2D eigenvalue weighted by Gasteiger charge is -2.20. The molecule has 1 fully saturated rings. The van der Waals surface area contributed by atoms with Gasteiger partial charge in [0, 0.05) is 16.5 Å². The first kappa shape index (κ1) is 14.6. The zero-order valence-corrected chi connectivity index (χ0v) is 13.0. The number of carbonyl (C=O) groups excluding carboxylic acids is 1. The lowest BCUT2D eigenvalue weighted by atomic mass is 10.0. The zero-order chi connectivity index (χ0) is 14.7. The van der Waals surface area contributed by atoms with Crippen molar-refractivity contribution in [2.45, 2.75) is 12.5 Å². The van der Waals surface area contributed by atoms with E-state index >= 15 is 0 Å². The number of thiophene rings is 1. The summed E-state index contributed by atoms with van der Waals surface area (Å²) in [5.74, 6) is 0.0145. The third kappa shape index (κ3) is 3.46. The highest BCUT2D eigenvalue weighted by Crippen LogP contribution is 2.28. The molecule has 1 aliphatic heterocycles. The quantitative estimate of drug-likeness (QED) is 0.933. The maximum Gasteiger partial charge on any atom is 0.226 e. The van der Waals surface area contributed by atoms with Crippen LogP contribution in [0.1, 0.15) is 22.9 Å². The normalized spacial score (nSPS) is 19.4. The molecule has 2 unspecified atom stereocenters. The van der Waals surface area contributed by atoms with Crippen molar-refractivity contribution in [3.05, 3.63) is 57.2 Å². The van der Waals surface area contributed by atoms with Gasteiger partial charge < -0.3 is 10.1 Å². The molecular weight excluding hydrogens is 306 g/mol. The van der Waals surface area contributed by atoms with E-state index in [2.05, 4.69) is 5.32 Å². The second kappa shape index (κ2) is 6.60. The van der Waals surface area contributed by atoms with Gasteiger partial charge >= 0.3 is 0 Å². The molecule has 1 aliphatic rings. The topological polar surface area (TPSA) is 38.3 Å². The van der Waals surface area contributed by atoms with Gasteiger partial charge in [0.05, 0.1) is 18.6 Å². The van der Waals surface area contributed by atoms with E-state index in [4.69, 9.17) is 16.3 Å². The average Bonchev–Trinajstić information content (AvgIpc) is 3.19. The molecule has 0 bridgehead atoms. The van der Waals surface area contributed by atoms with Crippen molar-refractivity contribution in [3.63, 3.8) is 0 Å². The molecule has 1 aromatic carbocycles. The van der Waals surface area contributed by atoms with Gasteiger partial charge in [0.25, 0.3) is 0 Å². The molecule has 0 saturated carbocycles. The van der Waals surface area contributed by atoms with Crippen molar-refractivity contribution in [3.8, 4) is 0 Å². The number of hydrogen-bond donors (Lipinski definition) is 1. The maximum atomic E-state index is 12.4. The number of rotatable bonds is 4. The summed E-state index contributed by atoms with van der Waals surface area (Å²) in [5, 5.41) is 5.86. The number of halogens is 1. The Morgan fingerprint density at radius 3 is 2.76 bits per heavy atom. The standard InChI is InChI=1S/C16H16ClNO2S/c17-13-5-3-11(4-6-13)15(14-2-1-9-21-14)18-16(19)12-7-8-20-10-12/h1-6,9,12,15H,7-8,10H2,(H,18,19). The SMILES string of the molecule is O=C(NC(c1ccc(Cl)cc1)c1cccs1)C1CCOC1. The van der Waals surface area contributed by atoms with Crippen LogP contribution in [-0.2, 0) is 9.53 Å². The Kier molecular flexibility index (Phi) is 4.58. The molecule has 21 heavy (non-hydrogen) atoms.